The molecule has 4 rings (SSSR count). The van der Waals surface area contributed by atoms with Gasteiger partial charge in [-0.15, -0.1) is 0 Å². The first-order valence-electron chi connectivity index (χ1n) is 9.99. The fourth-order valence-corrected chi connectivity index (χ4v) is 6.53. The Morgan fingerprint density at radius 2 is 1.97 bits per heavy atom. The lowest BCUT2D eigenvalue weighted by Crippen LogP contribution is -2.68. The van der Waals surface area contributed by atoms with Crippen molar-refractivity contribution >= 4 is 17.1 Å². The van der Waals surface area contributed by atoms with Crippen molar-refractivity contribution in [2.75, 3.05) is 46.3 Å². The van der Waals surface area contributed by atoms with E-state index in [-0.39, 0.29) is 11.9 Å². The van der Waals surface area contributed by atoms with Crippen molar-refractivity contribution in [2.24, 2.45) is 0 Å². The van der Waals surface area contributed by atoms with Crippen LogP contribution in [0.15, 0.2) is 24.3 Å². The molecule has 10 heteroatoms. The molecule has 160 valence electrons. The molecule has 1 aromatic rings. The fourth-order valence-electron chi connectivity index (χ4n) is 4.85. The van der Waals surface area contributed by atoms with E-state index >= 15 is 0 Å². The molecule has 0 aromatic heterocycles. The van der Waals surface area contributed by atoms with Crippen LogP contribution in [0.1, 0.15) is 18.4 Å². The molecule has 1 amide bonds. The van der Waals surface area contributed by atoms with Crippen LogP contribution in [-0.2, 0) is 22.5 Å². The van der Waals surface area contributed by atoms with E-state index in [2.05, 4.69) is 9.80 Å². The van der Waals surface area contributed by atoms with Crippen LogP contribution in [0, 0.1) is 5.82 Å². The summed E-state index contributed by atoms with van der Waals surface area (Å²) in [6.45, 7) is 4.70. The van der Waals surface area contributed by atoms with Crippen LogP contribution in [0.4, 0.5) is 4.39 Å². The number of hydrogen-bond donors (Lipinski definition) is 2. The van der Waals surface area contributed by atoms with Crippen LogP contribution in [-0.4, -0.2) is 91.6 Å². The average molecular weight is 426 g/mol. The zero-order valence-electron chi connectivity index (χ0n) is 16.6. The van der Waals surface area contributed by atoms with Crippen molar-refractivity contribution in [1.29, 1.82) is 0 Å². The molecule has 8 nitrogen and oxygen atoms in total. The van der Waals surface area contributed by atoms with Crippen molar-refractivity contribution in [3.63, 3.8) is 0 Å². The van der Waals surface area contributed by atoms with Gasteiger partial charge in [0.15, 0.2) is 11.2 Å². The maximum absolute atomic E-state index is 13.5. The van der Waals surface area contributed by atoms with E-state index in [4.69, 9.17) is 0 Å². The number of fused-ring (bicyclic) bond motifs is 2. The minimum Gasteiger partial charge on any atom is -0.302 e. The number of benzene rings is 1. The molecule has 3 unspecified atom stereocenters. The molecule has 3 fully saturated rings. The van der Waals surface area contributed by atoms with E-state index < -0.39 is 22.6 Å². The smallest absolute Gasteiger partial charge is 0.266 e. The molecule has 0 aliphatic carbocycles. The van der Waals surface area contributed by atoms with Gasteiger partial charge in [0.1, 0.15) is 11.4 Å². The molecule has 3 atom stereocenters. The molecule has 0 spiro atoms. The van der Waals surface area contributed by atoms with Crippen molar-refractivity contribution in [3.8, 4) is 0 Å². The lowest BCUT2D eigenvalue weighted by Gasteiger charge is -2.47. The molecule has 0 saturated carbocycles. The number of nitrogens with one attached hydrogen (secondary N) is 1. The third-order valence-corrected chi connectivity index (χ3v) is 8.05. The predicted molar refractivity (Wildman–Crippen MR) is 106 cm³/mol. The first-order valence-corrected chi connectivity index (χ1v) is 11.1. The van der Waals surface area contributed by atoms with Gasteiger partial charge in [-0.2, -0.15) is 4.31 Å². The SMILES string of the molecule is CN1CC2CCC(C(=O)NO)(C1)N2S(=O)N1CCN(Cc2ccc(F)cc2)CC1. The zero-order chi connectivity index (χ0) is 20.6. The Kier molecular flexibility index (Phi) is 6.01. The summed E-state index contributed by atoms with van der Waals surface area (Å²) >= 11 is -1.44. The van der Waals surface area contributed by atoms with Gasteiger partial charge in [-0.1, -0.05) is 12.1 Å². The molecular weight excluding hydrogens is 397 g/mol. The minimum atomic E-state index is -1.44. The number of rotatable bonds is 5. The minimum absolute atomic E-state index is 0.0316. The third kappa shape index (κ3) is 3.97. The van der Waals surface area contributed by atoms with E-state index in [1.54, 1.807) is 17.6 Å². The van der Waals surface area contributed by atoms with Crippen molar-refractivity contribution in [3.05, 3.63) is 35.6 Å². The first-order chi connectivity index (χ1) is 13.9. The second-order valence-corrected chi connectivity index (χ2v) is 9.62. The number of likely N-dealkylation sites (N-methyl/N-ethyl adjacent to an activating group) is 1. The molecule has 29 heavy (non-hydrogen) atoms. The van der Waals surface area contributed by atoms with Gasteiger partial charge in [-0.05, 0) is 37.6 Å². The number of hydroxylamine groups is 1. The highest BCUT2D eigenvalue weighted by molar-refractivity contribution is 7.80. The summed E-state index contributed by atoms with van der Waals surface area (Å²) in [5, 5.41) is 9.30. The van der Waals surface area contributed by atoms with Gasteiger partial charge in [0.25, 0.3) is 5.91 Å². The third-order valence-electron chi connectivity index (χ3n) is 6.26. The van der Waals surface area contributed by atoms with Gasteiger partial charge in [0.05, 0.1) is 0 Å². The standard InChI is InChI=1S/C19H28FN5O3S/c1-22-13-17-6-7-19(14-22,18(26)21-27)25(17)29(28)24-10-8-23(9-11-24)12-15-2-4-16(20)5-3-15/h2-5,17,27H,6-14H2,1H3,(H,21,26). The summed E-state index contributed by atoms with van der Waals surface area (Å²) in [5.41, 5.74) is 1.90. The van der Waals surface area contributed by atoms with Gasteiger partial charge in [0.2, 0.25) is 0 Å². The molecule has 2 N–H and O–H groups in total. The van der Waals surface area contributed by atoms with E-state index in [1.165, 1.54) is 12.1 Å². The summed E-state index contributed by atoms with van der Waals surface area (Å²) in [7, 11) is 1.95. The zero-order valence-corrected chi connectivity index (χ0v) is 17.4. The lowest BCUT2D eigenvalue weighted by molar-refractivity contribution is -0.141. The Bertz CT molecular complexity index is 774. The predicted octanol–water partition coefficient (Wildman–Crippen LogP) is 0.176. The number of piperazine rings is 2. The highest BCUT2D eigenvalue weighted by atomic mass is 32.2. The van der Waals surface area contributed by atoms with Crippen LogP contribution in [0.5, 0.6) is 0 Å². The van der Waals surface area contributed by atoms with E-state index in [0.29, 0.717) is 26.1 Å². The van der Waals surface area contributed by atoms with Crippen molar-refractivity contribution < 1.29 is 18.6 Å². The van der Waals surface area contributed by atoms with Gasteiger partial charge >= 0.3 is 0 Å². The molecule has 3 aliphatic rings. The molecular formula is C19H28FN5O3S. The number of carbonyl (C=O) groups is 1. The van der Waals surface area contributed by atoms with Crippen LogP contribution < -0.4 is 5.48 Å². The lowest BCUT2D eigenvalue weighted by atomic mass is 9.96. The van der Waals surface area contributed by atoms with Crippen LogP contribution in [0.2, 0.25) is 0 Å². The van der Waals surface area contributed by atoms with Gasteiger partial charge in [-0.25, -0.2) is 18.4 Å². The first kappa shape index (κ1) is 20.8. The van der Waals surface area contributed by atoms with E-state index in [9.17, 15) is 18.6 Å². The average Bonchev–Trinajstić information content (AvgIpc) is 2.97. The number of likely N-dealkylation sites (tertiary alicyclic amines) is 1. The van der Waals surface area contributed by atoms with Crippen LogP contribution in [0.3, 0.4) is 0 Å². The summed E-state index contributed by atoms with van der Waals surface area (Å²) < 4.78 is 30.3. The monoisotopic (exact) mass is 425 g/mol. The van der Waals surface area contributed by atoms with E-state index in [0.717, 1.165) is 38.2 Å². The van der Waals surface area contributed by atoms with Crippen molar-refractivity contribution in [2.45, 2.75) is 31.0 Å². The Morgan fingerprint density at radius 3 is 2.62 bits per heavy atom. The Labute approximate surface area is 172 Å². The molecule has 2 bridgehead atoms. The number of amides is 1. The Hall–Kier alpha value is -1.43. The largest absolute Gasteiger partial charge is 0.302 e. The molecule has 3 heterocycles. The summed E-state index contributed by atoms with van der Waals surface area (Å²) in [4.78, 5) is 16.9. The fraction of sp³-hybridized carbons (Fsp3) is 0.632. The molecule has 3 aliphatic heterocycles. The normalized spacial score (nSPS) is 30.4. The second-order valence-electron chi connectivity index (χ2n) is 8.25. The maximum Gasteiger partial charge on any atom is 0.266 e. The topological polar surface area (TPSA) is 79.4 Å². The number of halogens is 1. The Morgan fingerprint density at radius 1 is 1.28 bits per heavy atom. The quantitative estimate of drug-likeness (QED) is 0.520. The van der Waals surface area contributed by atoms with Crippen LogP contribution >= 0.6 is 0 Å². The Balaban J connectivity index is 1.41. The summed E-state index contributed by atoms with van der Waals surface area (Å²) in [6.07, 6.45) is 1.37. The summed E-state index contributed by atoms with van der Waals surface area (Å²) in [6, 6.07) is 6.55. The van der Waals surface area contributed by atoms with E-state index in [1.807, 2.05) is 15.7 Å². The molecule has 0 radical (unpaired) electrons. The number of carbonyl (C=O) groups excluding carboxylic acids is 1. The van der Waals surface area contributed by atoms with Crippen molar-refractivity contribution in [1.82, 2.24) is 23.9 Å². The maximum atomic E-state index is 13.5. The van der Waals surface area contributed by atoms with Crippen LogP contribution in [0.25, 0.3) is 0 Å². The second kappa shape index (κ2) is 8.37. The summed E-state index contributed by atoms with van der Waals surface area (Å²) in [5.74, 6) is -0.716. The van der Waals surface area contributed by atoms with Gasteiger partial charge in [-0.3, -0.25) is 14.9 Å². The molecule has 1 aromatic carbocycles. The molecule has 3 saturated heterocycles. The highest BCUT2D eigenvalue weighted by Crippen LogP contribution is 2.40. The number of hydrogen-bond acceptors (Lipinski definition) is 5. The van der Waals surface area contributed by atoms with Gasteiger partial charge < -0.3 is 4.90 Å². The van der Waals surface area contributed by atoms with Gasteiger partial charge in [0, 0.05) is 51.9 Å². The number of nitrogens with zero attached hydrogens (tertiary/aromatic N) is 4. The highest BCUT2D eigenvalue weighted by Gasteiger charge is 2.58.